The summed E-state index contributed by atoms with van der Waals surface area (Å²) in [5.41, 5.74) is 0. The van der Waals surface area contributed by atoms with Crippen molar-refractivity contribution < 1.29 is 13.9 Å². The predicted octanol–water partition coefficient (Wildman–Crippen LogP) is 2.58. The third-order valence-corrected chi connectivity index (χ3v) is 5.47. The fourth-order valence-corrected chi connectivity index (χ4v) is 4.03. The average molecular weight is 407 g/mol. The summed E-state index contributed by atoms with van der Waals surface area (Å²) in [6.07, 6.45) is 5.42. The van der Waals surface area contributed by atoms with Gasteiger partial charge in [0.1, 0.15) is 0 Å². The molecule has 4 rings (SSSR count). The molecule has 4 heterocycles. The van der Waals surface area contributed by atoms with Crippen molar-refractivity contribution in [3.8, 4) is 5.75 Å². The van der Waals surface area contributed by atoms with Gasteiger partial charge in [0.05, 0.1) is 25.5 Å². The van der Waals surface area contributed by atoms with Gasteiger partial charge in [-0.1, -0.05) is 0 Å². The first-order valence-electron chi connectivity index (χ1n) is 8.33. The molecule has 2 aliphatic heterocycles. The van der Waals surface area contributed by atoms with E-state index in [1.54, 1.807) is 31.6 Å². The SMILES string of the molecule is COc1cnc(N2CCC3CCN(C(=O)c4ccc(Br)o4)C3C2)nc1. The lowest BCUT2D eigenvalue weighted by Crippen LogP contribution is -2.50. The van der Waals surface area contributed by atoms with Crippen LogP contribution in [0.2, 0.25) is 0 Å². The highest BCUT2D eigenvalue weighted by atomic mass is 79.9. The van der Waals surface area contributed by atoms with E-state index >= 15 is 0 Å². The number of nitrogens with zero attached hydrogens (tertiary/aromatic N) is 4. The van der Waals surface area contributed by atoms with Crippen LogP contribution in [0.15, 0.2) is 33.6 Å². The van der Waals surface area contributed by atoms with Crippen molar-refractivity contribution in [1.82, 2.24) is 14.9 Å². The number of likely N-dealkylation sites (tertiary alicyclic amines) is 1. The van der Waals surface area contributed by atoms with E-state index in [2.05, 4.69) is 30.8 Å². The predicted molar refractivity (Wildman–Crippen MR) is 94.8 cm³/mol. The van der Waals surface area contributed by atoms with E-state index in [1.165, 1.54) is 0 Å². The Morgan fingerprint density at radius 3 is 2.72 bits per heavy atom. The van der Waals surface area contributed by atoms with E-state index in [4.69, 9.17) is 9.15 Å². The molecule has 2 aromatic rings. The molecule has 0 aromatic carbocycles. The van der Waals surface area contributed by atoms with E-state index in [9.17, 15) is 4.79 Å². The topological polar surface area (TPSA) is 71.7 Å². The number of ether oxygens (including phenoxy) is 1. The van der Waals surface area contributed by atoms with Gasteiger partial charge in [0.25, 0.3) is 5.91 Å². The van der Waals surface area contributed by atoms with E-state index in [-0.39, 0.29) is 11.9 Å². The number of anilines is 1. The third kappa shape index (κ3) is 3.10. The summed E-state index contributed by atoms with van der Waals surface area (Å²) >= 11 is 3.26. The summed E-state index contributed by atoms with van der Waals surface area (Å²) in [5.74, 6) is 2.18. The number of halogens is 1. The Bertz CT molecular complexity index is 764. The van der Waals surface area contributed by atoms with Crippen LogP contribution in [0.5, 0.6) is 5.75 Å². The van der Waals surface area contributed by atoms with Crippen LogP contribution in [-0.2, 0) is 0 Å². The van der Waals surface area contributed by atoms with Crippen LogP contribution in [0, 0.1) is 5.92 Å². The third-order valence-electron chi connectivity index (χ3n) is 5.04. The smallest absolute Gasteiger partial charge is 0.289 e. The largest absolute Gasteiger partial charge is 0.494 e. The van der Waals surface area contributed by atoms with Crippen LogP contribution in [-0.4, -0.2) is 53.6 Å². The van der Waals surface area contributed by atoms with Crippen molar-refractivity contribution in [2.24, 2.45) is 5.92 Å². The number of carbonyl (C=O) groups is 1. The number of fused-ring (bicyclic) bond motifs is 1. The quantitative estimate of drug-likeness (QED) is 0.779. The standard InChI is InChI=1S/C17H19BrN4O3/c1-24-12-8-19-17(20-9-12)21-6-4-11-5-7-22(13(11)10-21)16(23)14-2-3-15(18)25-14/h2-3,8-9,11,13H,4-7,10H2,1H3. The summed E-state index contributed by atoms with van der Waals surface area (Å²) in [4.78, 5) is 25.6. The first kappa shape index (κ1) is 16.4. The molecule has 0 spiro atoms. The van der Waals surface area contributed by atoms with E-state index in [1.807, 2.05) is 4.90 Å². The van der Waals surface area contributed by atoms with Crippen molar-refractivity contribution in [3.05, 3.63) is 35.0 Å². The highest BCUT2D eigenvalue weighted by Gasteiger charge is 2.42. The van der Waals surface area contributed by atoms with Crippen LogP contribution >= 0.6 is 15.9 Å². The Morgan fingerprint density at radius 2 is 2.04 bits per heavy atom. The molecule has 2 unspecified atom stereocenters. The van der Waals surface area contributed by atoms with Crippen LogP contribution in [0.25, 0.3) is 0 Å². The van der Waals surface area contributed by atoms with Crippen molar-refractivity contribution >= 4 is 27.8 Å². The molecular weight excluding hydrogens is 388 g/mol. The summed E-state index contributed by atoms with van der Waals surface area (Å²) in [6.45, 7) is 2.41. The average Bonchev–Trinajstić information content (AvgIpc) is 3.27. The molecule has 2 atom stereocenters. The van der Waals surface area contributed by atoms with Gasteiger partial charge in [0, 0.05) is 19.6 Å². The van der Waals surface area contributed by atoms with Gasteiger partial charge in [-0.3, -0.25) is 4.79 Å². The molecule has 8 heteroatoms. The summed E-state index contributed by atoms with van der Waals surface area (Å²) in [7, 11) is 1.60. The molecule has 0 N–H and O–H groups in total. The molecule has 25 heavy (non-hydrogen) atoms. The molecule has 0 radical (unpaired) electrons. The Hall–Kier alpha value is -2.09. The maximum atomic E-state index is 12.8. The molecule has 2 saturated heterocycles. The number of piperidine rings is 1. The fourth-order valence-electron chi connectivity index (χ4n) is 3.72. The van der Waals surface area contributed by atoms with Gasteiger partial charge in [-0.05, 0) is 46.8 Å². The lowest BCUT2D eigenvalue weighted by Gasteiger charge is -2.38. The van der Waals surface area contributed by atoms with E-state index in [0.29, 0.717) is 28.0 Å². The minimum absolute atomic E-state index is 0.0456. The molecular formula is C17H19BrN4O3. The number of furan rings is 1. The van der Waals surface area contributed by atoms with Crippen molar-refractivity contribution in [2.75, 3.05) is 31.6 Å². The summed E-state index contributed by atoms with van der Waals surface area (Å²) in [5, 5.41) is 0. The number of methoxy groups -OCH3 is 1. The Labute approximate surface area is 154 Å². The van der Waals surface area contributed by atoms with Gasteiger partial charge >= 0.3 is 0 Å². The second kappa shape index (κ2) is 6.67. The molecule has 2 aliphatic rings. The van der Waals surface area contributed by atoms with Gasteiger partial charge in [0.15, 0.2) is 16.2 Å². The molecule has 7 nitrogen and oxygen atoms in total. The zero-order chi connectivity index (χ0) is 17.4. The highest BCUT2D eigenvalue weighted by molar-refractivity contribution is 9.10. The van der Waals surface area contributed by atoms with Gasteiger partial charge < -0.3 is 19.0 Å². The number of amides is 1. The van der Waals surface area contributed by atoms with Crippen LogP contribution in [0.4, 0.5) is 5.95 Å². The number of hydrogen-bond acceptors (Lipinski definition) is 6. The monoisotopic (exact) mass is 406 g/mol. The first-order chi connectivity index (χ1) is 12.2. The van der Waals surface area contributed by atoms with Crippen LogP contribution in [0.3, 0.4) is 0 Å². The van der Waals surface area contributed by atoms with Gasteiger partial charge in [-0.2, -0.15) is 0 Å². The Kier molecular flexibility index (Phi) is 4.37. The lowest BCUT2D eigenvalue weighted by atomic mass is 9.92. The van der Waals surface area contributed by atoms with Gasteiger partial charge in [-0.25, -0.2) is 9.97 Å². The van der Waals surface area contributed by atoms with Gasteiger partial charge in [0.2, 0.25) is 5.95 Å². The molecule has 2 fully saturated rings. The number of carbonyl (C=O) groups excluding carboxylic acids is 1. The number of aromatic nitrogens is 2. The Balaban J connectivity index is 1.51. The van der Waals surface area contributed by atoms with Crippen LogP contribution < -0.4 is 9.64 Å². The molecule has 132 valence electrons. The summed E-state index contributed by atoms with van der Waals surface area (Å²) in [6, 6.07) is 3.63. The summed E-state index contributed by atoms with van der Waals surface area (Å²) < 4.78 is 11.1. The van der Waals surface area contributed by atoms with E-state index < -0.39 is 0 Å². The minimum Gasteiger partial charge on any atom is -0.494 e. The second-order valence-electron chi connectivity index (χ2n) is 6.38. The lowest BCUT2D eigenvalue weighted by molar-refractivity contribution is 0.0678. The van der Waals surface area contributed by atoms with Crippen molar-refractivity contribution in [1.29, 1.82) is 0 Å². The fraction of sp³-hybridized carbons (Fsp3) is 0.471. The Morgan fingerprint density at radius 1 is 1.28 bits per heavy atom. The first-order valence-corrected chi connectivity index (χ1v) is 9.12. The molecule has 0 aliphatic carbocycles. The zero-order valence-electron chi connectivity index (χ0n) is 13.9. The number of hydrogen-bond donors (Lipinski definition) is 0. The molecule has 0 bridgehead atoms. The van der Waals surface area contributed by atoms with Crippen molar-refractivity contribution in [2.45, 2.75) is 18.9 Å². The normalized spacial score (nSPS) is 22.8. The molecule has 2 aromatic heterocycles. The number of rotatable bonds is 3. The maximum absolute atomic E-state index is 12.8. The zero-order valence-corrected chi connectivity index (χ0v) is 15.5. The van der Waals surface area contributed by atoms with Crippen LogP contribution in [0.1, 0.15) is 23.4 Å². The maximum Gasteiger partial charge on any atom is 0.289 e. The minimum atomic E-state index is -0.0456. The highest BCUT2D eigenvalue weighted by Crippen LogP contribution is 2.34. The second-order valence-corrected chi connectivity index (χ2v) is 7.16. The van der Waals surface area contributed by atoms with Crippen molar-refractivity contribution in [3.63, 3.8) is 0 Å². The van der Waals surface area contributed by atoms with E-state index in [0.717, 1.165) is 32.5 Å². The van der Waals surface area contributed by atoms with Gasteiger partial charge in [-0.15, -0.1) is 0 Å². The molecule has 0 saturated carbocycles. The molecule has 1 amide bonds.